The van der Waals surface area contributed by atoms with Crippen molar-refractivity contribution in [3.8, 4) is 0 Å². The van der Waals surface area contributed by atoms with Crippen molar-refractivity contribution in [2.45, 2.75) is 32.9 Å². The van der Waals surface area contributed by atoms with E-state index in [0.717, 1.165) is 43.0 Å². The number of fused-ring (bicyclic) bond motifs is 1. The van der Waals surface area contributed by atoms with Crippen LogP contribution in [0.1, 0.15) is 35.5 Å². The van der Waals surface area contributed by atoms with E-state index in [1.54, 1.807) is 6.20 Å². The minimum Gasteiger partial charge on any atom is -0.365 e. The van der Waals surface area contributed by atoms with Gasteiger partial charge in [-0.25, -0.2) is 9.37 Å². The van der Waals surface area contributed by atoms with Crippen LogP contribution in [0.4, 0.5) is 10.1 Å². The number of halogens is 1. The molecule has 9 heteroatoms. The van der Waals surface area contributed by atoms with Crippen LogP contribution in [0.15, 0.2) is 35.5 Å². The summed E-state index contributed by atoms with van der Waals surface area (Å²) < 4.78 is 16.3. The van der Waals surface area contributed by atoms with Gasteiger partial charge in [0.2, 0.25) is 0 Å². The van der Waals surface area contributed by atoms with Gasteiger partial charge in [0.1, 0.15) is 5.65 Å². The molecule has 3 aromatic rings. The van der Waals surface area contributed by atoms with Crippen molar-refractivity contribution in [3.05, 3.63) is 63.7 Å². The zero-order valence-electron chi connectivity index (χ0n) is 18.0. The number of nitrogens with one attached hydrogen (secondary N) is 2. The maximum atomic E-state index is 14.3. The molecule has 1 unspecified atom stereocenters. The second-order valence-corrected chi connectivity index (χ2v) is 7.98. The molecule has 4 heterocycles. The van der Waals surface area contributed by atoms with Crippen LogP contribution in [0.5, 0.6) is 0 Å². The predicted octanol–water partition coefficient (Wildman–Crippen LogP) is 1.79. The van der Waals surface area contributed by atoms with Crippen LogP contribution in [-0.2, 0) is 13.0 Å². The third-order valence-electron chi connectivity index (χ3n) is 5.83. The van der Waals surface area contributed by atoms with Crippen LogP contribution in [-0.4, -0.2) is 57.9 Å². The molecule has 2 N–H and O–H groups in total. The van der Waals surface area contributed by atoms with E-state index >= 15 is 0 Å². The number of aryl methyl sites for hydroxylation is 1. The second-order valence-electron chi connectivity index (χ2n) is 7.98. The van der Waals surface area contributed by atoms with Gasteiger partial charge in [-0.2, -0.15) is 0 Å². The molecule has 0 saturated carbocycles. The van der Waals surface area contributed by atoms with Gasteiger partial charge in [-0.15, -0.1) is 0 Å². The van der Waals surface area contributed by atoms with Crippen LogP contribution >= 0.6 is 0 Å². The van der Waals surface area contributed by atoms with Crippen molar-refractivity contribution in [1.29, 1.82) is 0 Å². The smallest absolute Gasteiger partial charge is 0.272 e. The summed E-state index contributed by atoms with van der Waals surface area (Å²) in [6.07, 6.45) is 6.19. The average Bonchev–Trinajstić information content (AvgIpc) is 3.13. The van der Waals surface area contributed by atoms with Crippen molar-refractivity contribution in [2.75, 3.05) is 31.6 Å². The van der Waals surface area contributed by atoms with Crippen LogP contribution < -0.4 is 15.8 Å². The van der Waals surface area contributed by atoms with Gasteiger partial charge in [-0.1, -0.05) is 6.92 Å². The molecule has 0 spiro atoms. The molecule has 0 aliphatic carbocycles. The number of hydrogen-bond donors (Lipinski definition) is 2. The Labute approximate surface area is 179 Å². The lowest BCUT2D eigenvalue weighted by atomic mass is 10.1. The predicted molar refractivity (Wildman–Crippen MR) is 117 cm³/mol. The lowest BCUT2D eigenvalue weighted by Gasteiger charge is -2.41. The first-order valence-corrected chi connectivity index (χ1v) is 10.5. The maximum absolute atomic E-state index is 14.3. The number of piperazine rings is 1. The highest BCUT2D eigenvalue weighted by molar-refractivity contribution is 5.92. The van der Waals surface area contributed by atoms with E-state index in [1.807, 2.05) is 23.6 Å². The number of amides is 1. The van der Waals surface area contributed by atoms with Crippen LogP contribution in [0.3, 0.4) is 0 Å². The first-order chi connectivity index (χ1) is 14.9. The van der Waals surface area contributed by atoms with Crippen molar-refractivity contribution in [1.82, 2.24) is 24.6 Å². The van der Waals surface area contributed by atoms with Gasteiger partial charge >= 0.3 is 0 Å². The van der Waals surface area contributed by atoms with Gasteiger partial charge in [0.05, 0.1) is 11.9 Å². The Morgan fingerprint density at radius 3 is 2.81 bits per heavy atom. The summed E-state index contributed by atoms with van der Waals surface area (Å²) in [6, 6.07) is 3.55. The van der Waals surface area contributed by atoms with Gasteiger partial charge in [-0.05, 0) is 25.0 Å². The molecule has 1 aliphatic rings. The van der Waals surface area contributed by atoms with E-state index in [4.69, 9.17) is 0 Å². The van der Waals surface area contributed by atoms with E-state index in [9.17, 15) is 14.0 Å². The monoisotopic (exact) mass is 426 g/mol. The molecule has 164 valence electrons. The number of carbonyl (C=O) groups is 1. The molecule has 1 atom stereocenters. The molecule has 8 nitrogen and oxygen atoms in total. The summed E-state index contributed by atoms with van der Waals surface area (Å²) in [7, 11) is 1.45. The van der Waals surface area contributed by atoms with Gasteiger partial charge in [0.15, 0.2) is 11.5 Å². The Balaban J connectivity index is 1.45. The van der Waals surface area contributed by atoms with Crippen LogP contribution in [0, 0.1) is 5.82 Å². The third kappa shape index (κ3) is 4.18. The van der Waals surface area contributed by atoms with Crippen LogP contribution in [0.2, 0.25) is 0 Å². The van der Waals surface area contributed by atoms with Crippen molar-refractivity contribution >= 4 is 17.2 Å². The minimum absolute atomic E-state index is 0.0369. The molecule has 0 bridgehead atoms. The molecule has 3 aromatic heterocycles. The number of anilines is 1. The Morgan fingerprint density at radius 2 is 2.13 bits per heavy atom. The fraction of sp³-hybridized carbons (Fsp3) is 0.409. The first kappa shape index (κ1) is 21.0. The molecule has 1 fully saturated rings. The minimum atomic E-state index is -0.618. The topological polar surface area (TPSA) is 85.7 Å². The van der Waals surface area contributed by atoms with E-state index in [-0.39, 0.29) is 17.3 Å². The highest BCUT2D eigenvalue weighted by atomic mass is 19.1. The van der Waals surface area contributed by atoms with Gasteiger partial charge in [-0.3, -0.25) is 14.5 Å². The zero-order chi connectivity index (χ0) is 22.1. The van der Waals surface area contributed by atoms with E-state index < -0.39 is 11.7 Å². The average molecular weight is 426 g/mol. The summed E-state index contributed by atoms with van der Waals surface area (Å²) in [6.45, 7) is 7.18. The molecule has 4 rings (SSSR count). The lowest BCUT2D eigenvalue weighted by Crippen LogP contribution is -2.51. The molecule has 1 amide bonds. The molecule has 0 aromatic carbocycles. The Morgan fingerprint density at radius 1 is 1.32 bits per heavy atom. The van der Waals surface area contributed by atoms with E-state index in [1.165, 1.54) is 13.1 Å². The van der Waals surface area contributed by atoms with Crippen molar-refractivity contribution in [2.24, 2.45) is 0 Å². The fourth-order valence-corrected chi connectivity index (χ4v) is 4.19. The Kier molecular flexibility index (Phi) is 5.77. The SMILES string of the molecule is CCc1cn2cc(CN3CCN(c4cnc(C(=O)NC)c(F)c4)C(C)C3)cc2[nH]c1=O. The summed E-state index contributed by atoms with van der Waals surface area (Å²) in [4.78, 5) is 35.1. The summed E-state index contributed by atoms with van der Waals surface area (Å²) in [5.41, 5.74) is 3.14. The normalized spacial score (nSPS) is 17.3. The van der Waals surface area contributed by atoms with Crippen molar-refractivity contribution in [3.63, 3.8) is 0 Å². The standard InChI is InChI=1S/C22H27FN6O2/c1-4-16-13-28-12-15(7-19(28)26-21(16)30)11-27-5-6-29(14(2)10-27)17-8-18(23)20(25-9-17)22(31)24-3/h7-9,12-14H,4-6,10-11H2,1-3H3,(H,24,31)(H,26,30). The zero-order valence-corrected chi connectivity index (χ0v) is 18.0. The van der Waals surface area contributed by atoms with Gasteiger partial charge < -0.3 is 19.6 Å². The number of carbonyl (C=O) groups excluding carboxylic acids is 1. The summed E-state index contributed by atoms with van der Waals surface area (Å²) in [5.74, 6) is -1.15. The highest BCUT2D eigenvalue weighted by Crippen LogP contribution is 2.23. The Hall–Kier alpha value is -3.20. The van der Waals surface area contributed by atoms with E-state index in [2.05, 4.69) is 38.2 Å². The first-order valence-electron chi connectivity index (χ1n) is 10.5. The quantitative estimate of drug-likeness (QED) is 0.650. The van der Waals surface area contributed by atoms with Gasteiger partial charge in [0.25, 0.3) is 11.5 Å². The number of aromatic nitrogens is 3. The lowest BCUT2D eigenvalue weighted by molar-refractivity contribution is 0.0953. The second kappa shape index (κ2) is 8.50. The number of pyridine rings is 1. The molecule has 0 radical (unpaired) electrons. The fourth-order valence-electron chi connectivity index (χ4n) is 4.19. The molecular formula is C22H27FN6O2. The molecule has 1 aliphatic heterocycles. The van der Waals surface area contributed by atoms with E-state index in [0.29, 0.717) is 12.1 Å². The highest BCUT2D eigenvalue weighted by Gasteiger charge is 2.25. The van der Waals surface area contributed by atoms with Crippen LogP contribution in [0.25, 0.3) is 5.65 Å². The number of rotatable bonds is 5. The number of hydrogen-bond acceptors (Lipinski definition) is 5. The summed E-state index contributed by atoms with van der Waals surface area (Å²) >= 11 is 0. The number of nitrogens with zero attached hydrogens (tertiary/aromatic N) is 4. The molecular weight excluding hydrogens is 399 g/mol. The third-order valence-corrected chi connectivity index (χ3v) is 5.83. The van der Waals surface area contributed by atoms with Crippen molar-refractivity contribution < 1.29 is 9.18 Å². The molecule has 1 saturated heterocycles. The summed E-state index contributed by atoms with van der Waals surface area (Å²) in [5, 5.41) is 2.39. The Bertz CT molecular complexity index is 1170. The maximum Gasteiger partial charge on any atom is 0.272 e. The molecule has 31 heavy (non-hydrogen) atoms. The number of aromatic amines is 1. The number of H-pyrrole nitrogens is 1. The largest absolute Gasteiger partial charge is 0.365 e. The van der Waals surface area contributed by atoms with Gasteiger partial charge in [0, 0.05) is 63.3 Å².